The highest BCUT2D eigenvalue weighted by Crippen LogP contribution is 2.49. The number of likely N-dealkylation sites (tertiary alicyclic amines) is 1. The van der Waals surface area contributed by atoms with Gasteiger partial charge in [-0.3, -0.25) is 4.79 Å². The lowest BCUT2D eigenvalue weighted by Crippen LogP contribution is -2.40. The minimum atomic E-state index is 0.230. The Hall–Kier alpha value is -0.220. The van der Waals surface area contributed by atoms with Gasteiger partial charge in [-0.15, -0.1) is 0 Å². The molecule has 0 radical (unpaired) electrons. The van der Waals surface area contributed by atoms with Crippen LogP contribution in [0.2, 0.25) is 0 Å². The van der Waals surface area contributed by atoms with Gasteiger partial charge in [-0.25, -0.2) is 0 Å². The lowest BCUT2D eigenvalue weighted by atomic mass is 9.96. The summed E-state index contributed by atoms with van der Waals surface area (Å²) in [5.41, 5.74) is 0.230. The molecule has 0 unspecified atom stereocenters. The number of hydrogen-bond acceptors (Lipinski definition) is 3. The number of aliphatic hydroxyl groups excluding tert-OH is 1. The number of carbonyl (C=O) groups excluding carboxylic acids is 1. The van der Waals surface area contributed by atoms with E-state index in [0.717, 1.165) is 44.5 Å². The van der Waals surface area contributed by atoms with E-state index < -0.39 is 0 Å². The zero-order chi connectivity index (χ0) is 11.6. The third kappa shape index (κ3) is 2.72. The molecule has 1 aliphatic heterocycles. The summed E-state index contributed by atoms with van der Waals surface area (Å²) < 4.78 is 0. The van der Waals surface area contributed by atoms with Crippen molar-refractivity contribution in [3.05, 3.63) is 0 Å². The minimum absolute atomic E-state index is 0.230. The van der Waals surface area contributed by atoms with E-state index in [0.29, 0.717) is 18.2 Å². The molecule has 92 valence electrons. The molecule has 1 heterocycles. The van der Waals surface area contributed by atoms with Crippen LogP contribution in [0.15, 0.2) is 0 Å². The lowest BCUT2D eigenvalue weighted by Gasteiger charge is -2.32. The largest absolute Gasteiger partial charge is 0.396 e. The molecule has 0 spiro atoms. The van der Waals surface area contributed by atoms with Gasteiger partial charge in [0, 0.05) is 26.1 Å². The van der Waals surface area contributed by atoms with Gasteiger partial charge in [0.25, 0.3) is 0 Å². The van der Waals surface area contributed by atoms with Crippen molar-refractivity contribution >= 4 is 18.5 Å². The Morgan fingerprint density at radius 3 is 2.44 bits per heavy atom. The number of hydrogen-bond donors (Lipinski definition) is 2. The highest BCUT2D eigenvalue weighted by atomic mass is 32.1. The quantitative estimate of drug-likeness (QED) is 0.731. The first-order chi connectivity index (χ1) is 7.69. The van der Waals surface area contributed by atoms with E-state index in [9.17, 15) is 4.79 Å². The first-order valence-electron chi connectivity index (χ1n) is 6.19. The molecule has 1 saturated carbocycles. The summed E-state index contributed by atoms with van der Waals surface area (Å²) in [6.07, 6.45) is 4.91. The van der Waals surface area contributed by atoms with E-state index >= 15 is 0 Å². The fourth-order valence-electron chi connectivity index (χ4n) is 2.37. The maximum absolute atomic E-state index is 12.0. The predicted molar refractivity (Wildman–Crippen MR) is 66.5 cm³/mol. The van der Waals surface area contributed by atoms with Crippen LogP contribution in [0.1, 0.15) is 32.1 Å². The molecule has 1 N–H and O–H groups in total. The number of thiol groups is 1. The van der Waals surface area contributed by atoms with Crippen LogP contribution in [0.25, 0.3) is 0 Å². The van der Waals surface area contributed by atoms with Gasteiger partial charge < -0.3 is 10.0 Å². The van der Waals surface area contributed by atoms with Crippen LogP contribution in [0.3, 0.4) is 0 Å². The first kappa shape index (κ1) is 12.2. The van der Waals surface area contributed by atoms with Crippen molar-refractivity contribution in [1.29, 1.82) is 0 Å². The normalized spacial score (nSPS) is 24.5. The molecule has 1 amide bonds. The van der Waals surface area contributed by atoms with Crippen LogP contribution in [0.4, 0.5) is 0 Å². The summed E-state index contributed by atoms with van der Waals surface area (Å²) in [5.74, 6) is 1.54. The van der Waals surface area contributed by atoms with Gasteiger partial charge in [-0.2, -0.15) is 12.6 Å². The molecule has 0 atom stereocenters. The molecule has 0 aromatic rings. The van der Waals surface area contributed by atoms with E-state index in [2.05, 4.69) is 12.6 Å². The third-order valence-corrected chi connectivity index (χ3v) is 4.71. The molecule has 2 fully saturated rings. The number of nitrogens with zero attached hydrogens (tertiary/aromatic N) is 1. The van der Waals surface area contributed by atoms with Crippen LogP contribution >= 0.6 is 12.6 Å². The van der Waals surface area contributed by atoms with Crippen molar-refractivity contribution in [1.82, 2.24) is 4.90 Å². The SMILES string of the molecule is O=C(CC1(CS)CC1)N1CCC(CO)CC1. The molecule has 3 nitrogen and oxygen atoms in total. The zero-order valence-corrected chi connectivity index (χ0v) is 10.6. The Bertz CT molecular complexity index is 258. The fourth-order valence-corrected chi connectivity index (χ4v) is 2.79. The summed E-state index contributed by atoms with van der Waals surface area (Å²) in [4.78, 5) is 14.0. The van der Waals surface area contributed by atoms with Gasteiger partial charge in [0.05, 0.1) is 0 Å². The van der Waals surface area contributed by atoms with E-state index in [1.54, 1.807) is 0 Å². The summed E-state index contributed by atoms with van der Waals surface area (Å²) in [7, 11) is 0. The van der Waals surface area contributed by atoms with Crippen molar-refractivity contribution in [2.75, 3.05) is 25.4 Å². The van der Waals surface area contributed by atoms with Crippen LogP contribution in [-0.4, -0.2) is 41.4 Å². The average molecular weight is 243 g/mol. The van der Waals surface area contributed by atoms with Crippen molar-refractivity contribution in [3.8, 4) is 0 Å². The fraction of sp³-hybridized carbons (Fsp3) is 0.917. The van der Waals surface area contributed by atoms with Crippen LogP contribution in [0, 0.1) is 11.3 Å². The molecule has 0 aromatic carbocycles. The third-order valence-electron chi connectivity index (χ3n) is 4.04. The molecule has 2 aliphatic rings. The molecular weight excluding hydrogens is 222 g/mol. The van der Waals surface area contributed by atoms with E-state index in [1.807, 2.05) is 4.90 Å². The number of carbonyl (C=O) groups is 1. The van der Waals surface area contributed by atoms with Gasteiger partial charge in [-0.1, -0.05) is 0 Å². The average Bonchev–Trinajstić information content (AvgIpc) is 3.09. The van der Waals surface area contributed by atoms with Gasteiger partial charge in [0.1, 0.15) is 0 Å². The van der Waals surface area contributed by atoms with Crippen LogP contribution < -0.4 is 0 Å². The van der Waals surface area contributed by atoms with Crippen molar-refractivity contribution in [2.45, 2.75) is 32.1 Å². The number of rotatable bonds is 4. The summed E-state index contributed by atoms with van der Waals surface area (Å²) in [6, 6.07) is 0. The van der Waals surface area contributed by atoms with Gasteiger partial charge in [-0.05, 0) is 42.8 Å². The molecule has 1 aliphatic carbocycles. The molecule has 1 saturated heterocycles. The number of amides is 1. The summed E-state index contributed by atoms with van der Waals surface area (Å²) >= 11 is 4.33. The smallest absolute Gasteiger partial charge is 0.223 e. The topological polar surface area (TPSA) is 40.5 Å². The standard InChI is InChI=1S/C12H21NO2S/c14-8-10-1-5-13(6-2-10)11(15)7-12(9-16)3-4-12/h10,14,16H,1-9H2. The second-order valence-electron chi connectivity index (χ2n) is 5.34. The second-order valence-corrected chi connectivity index (χ2v) is 5.66. The van der Waals surface area contributed by atoms with Gasteiger partial charge >= 0.3 is 0 Å². The van der Waals surface area contributed by atoms with E-state index in [1.165, 1.54) is 0 Å². The van der Waals surface area contributed by atoms with Crippen molar-refractivity contribution in [2.24, 2.45) is 11.3 Å². The van der Waals surface area contributed by atoms with Crippen molar-refractivity contribution < 1.29 is 9.90 Å². The molecule has 2 rings (SSSR count). The van der Waals surface area contributed by atoms with Crippen LogP contribution in [-0.2, 0) is 4.79 Å². The zero-order valence-electron chi connectivity index (χ0n) is 9.69. The Labute approximate surface area is 103 Å². The molecule has 0 bridgehead atoms. The summed E-state index contributed by atoms with van der Waals surface area (Å²) in [5, 5.41) is 9.04. The van der Waals surface area contributed by atoms with Crippen molar-refractivity contribution in [3.63, 3.8) is 0 Å². The maximum atomic E-state index is 12.0. The molecule has 4 heteroatoms. The number of piperidine rings is 1. The Morgan fingerprint density at radius 2 is 2.00 bits per heavy atom. The molecule has 0 aromatic heterocycles. The minimum Gasteiger partial charge on any atom is -0.396 e. The summed E-state index contributed by atoms with van der Waals surface area (Å²) in [6.45, 7) is 1.92. The van der Waals surface area contributed by atoms with E-state index in [-0.39, 0.29) is 12.0 Å². The second kappa shape index (κ2) is 4.96. The first-order valence-corrected chi connectivity index (χ1v) is 6.82. The Balaban J connectivity index is 1.78. The lowest BCUT2D eigenvalue weighted by molar-refractivity contribution is -0.133. The Morgan fingerprint density at radius 1 is 1.38 bits per heavy atom. The highest BCUT2D eigenvalue weighted by molar-refractivity contribution is 7.80. The van der Waals surface area contributed by atoms with Gasteiger partial charge in [0.2, 0.25) is 5.91 Å². The number of aliphatic hydroxyl groups is 1. The predicted octanol–water partition coefficient (Wildman–Crippen LogP) is 1.32. The van der Waals surface area contributed by atoms with E-state index in [4.69, 9.17) is 5.11 Å². The highest BCUT2D eigenvalue weighted by Gasteiger charge is 2.43. The maximum Gasteiger partial charge on any atom is 0.223 e. The monoisotopic (exact) mass is 243 g/mol. The van der Waals surface area contributed by atoms with Crippen LogP contribution in [0.5, 0.6) is 0 Å². The molecule has 16 heavy (non-hydrogen) atoms. The van der Waals surface area contributed by atoms with Gasteiger partial charge in [0.15, 0.2) is 0 Å². The Kier molecular flexibility index (Phi) is 3.80. The molecular formula is C12H21NO2S.